The Morgan fingerprint density at radius 2 is 2.24 bits per heavy atom. The summed E-state index contributed by atoms with van der Waals surface area (Å²) in [6.45, 7) is 1.89. The molecule has 1 aromatic heterocycles. The Hall–Kier alpha value is -1.62. The monoisotopic (exact) mass is 247 g/mol. The Morgan fingerprint density at radius 1 is 1.47 bits per heavy atom. The fraction of sp³-hybridized carbons (Fsp3) is 0.333. The van der Waals surface area contributed by atoms with Gasteiger partial charge in [-0.25, -0.2) is 0 Å². The van der Waals surface area contributed by atoms with Crippen molar-refractivity contribution < 1.29 is 5.11 Å². The number of aromatic amines is 1. The van der Waals surface area contributed by atoms with E-state index >= 15 is 0 Å². The van der Waals surface area contributed by atoms with Gasteiger partial charge >= 0.3 is 0 Å². The van der Waals surface area contributed by atoms with Gasteiger partial charge in [0.1, 0.15) is 5.75 Å². The predicted octanol–water partition coefficient (Wildman–Crippen LogP) is 2.96. The lowest BCUT2D eigenvalue weighted by atomic mass is 10.1. The van der Waals surface area contributed by atoms with E-state index in [0.29, 0.717) is 16.6 Å². The van der Waals surface area contributed by atoms with E-state index in [1.165, 1.54) is 0 Å². The van der Waals surface area contributed by atoms with Gasteiger partial charge in [-0.2, -0.15) is 5.10 Å². The van der Waals surface area contributed by atoms with E-state index in [4.69, 9.17) is 12.2 Å². The predicted molar refractivity (Wildman–Crippen MR) is 67.5 cm³/mol. The first kappa shape index (κ1) is 10.5. The number of hydrogen-bond acceptors (Lipinski definition) is 3. The molecule has 0 amide bonds. The Morgan fingerprint density at radius 3 is 2.94 bits per heavy atom. The molecule has 1 aliphatic carbocycles. The second-order valence-corrected chi connectivity index (χ2v) is 4.79. The first-order chi connectivity index (χ1) is 8.18. The van der Waals surface area contributed by atoms with Crippen LogP contribution < -0.4 is 0 Å². The smallest absolute Gasteiger partial charge is 0.195 e. The summed E-state index contributed by atoms with van der Waals surface area (Å²) in [6, 6.07) is 5.94. The highest BCUT2D eigenvalue weighted by molar-refractivity contribution is 7.71. The molecule has 0 spiro atoms. The van der Waals surface area contributed by atoms with Gasteiger partial charge in [-0.15, -0.1) is 0 Å². The van der Waals surface area contributed by atoms with E-state index in [9.17, 15) is 5.11 Å². The van der Waals surface area contributed by atoms with Crippen LogP contribution in [-0.2, 0) is 0 Å². The molecule has 1 fully saturated rings. The molecule has 1 aromatic carbocycles. The molecule has 1 saturated carbocycles. The number of rotatable bonds is 2. The number of nitrogens with zero attached hydrogens (tertiary/aromatic N) is 2. The molecule has 17 heavy (non-hydrogen) atoms. The average molecular weight is 247 g/mol. The van der Waals surface area contributed by atoms with Crippen molar-refractivity contribution in [3.05, 3.63) is 28.5 Å². The third-order valence-corrected chi connectivity index (χ3v) is 3.45. The lowest BCUT2D eigenvalue weighted by Crippen LogP contribution is -1.98. The number of nitrogens with one attached hydrogen (secondary N) is 1. The Balaban J connectivity index is 2.21. The average Bonchev–Trinajstić information content (AvgIpc) is 3.07. The summed E-state index contributed by atoms with van der Waals surface area (Å²) in [5.41, 5.74) is 1.77. The number of hydrogen-bond donors (Lipinski definition) is 2. The zero-order valence-electron chi connectivity index (χ0n) is 9.47. The van der Waals surface area contributed by atoms with Crippen molar-refractivity contribution in [2.45, 2.75) is 25.8 Å². The molecule has 1 aliphatic rings. The molecule has 4 nitrogen and oxygen atoms in total. The number of benzene rings is 1. The zero-order chi connectivity index (χ0) is 12.0. The number of phenols is 1. The van der Waals surface area contributed by atoms with Crippen LogP contribution in [0.4, 0.5) is 0 Å². The molecule has 2 N–H and O–H groups in total. The maximum Gasteiger partial charge on any atom is 0.195 e. The Bertz CT molecular complexity index is 625. The van der Waals surface area contributed by atoms with Gasteiger partial charge in [0.2, 0.25) is 0 Å². The highest BCUT2D eigenvalue weighted by Crippen LogP contribution is 2.39. The minimum Gasteiger partial charge on any atom is -0.508 e. The summed E-state index contributed by atoms with van der Waals surface area (Å²) in [5.74, 6) is 1.12. The highest BCUT2D eigenvalue weighted by atomic mass is 32.1. The molecular weight excluding hydrogens is 234 g/mol. The molecular formula is C12H13N3OS. The first-order valence-electron chi connectivity index (χ1n) is 5.64. The molecule has 88 valence electrons. The SMILES string of the molecule is Cc1c(O)cccc1-c1n[nH]c(=S)n1C1CC1. The van der Waals surface area contributed by atoms with Crippen molar-refractivity contribution in [1.82, 2.24) is 14.8 Å². The minimum absolute atomic E-state index is 0.291. The molecule has 5 heteroatoms. The summed E-state index contributed by atoms with van der Waals surface area (Å²) in [6.07, 6.45) is 2.30. The topological polar surface area (TPSA) is 53.8 Å². The van der Waals surface area contributed by atoms with E-state index in [0.717, 1.165) is 29.8 Å². The molecule has 3 rings (SSSR count). The lowest BCUT2D eigenvalue weighted by Gasteiger charge is -2.08. The third kappa shape index (κ3) is 1.67. The van der Waals surface area contributed by atoms with Gasteiger partial charge in [0.25, 0.3) is 0 Å². The maximum atomic E-state index is 9.74. The van der Waals surface area contributed by atoms with Crippen LogP contribution in [0.15, 0.2) is 18.2 Å². The maximum absolute atomic E-state index is 9.74. The number of phenolic OH excluding ortho intramolecular Hbond substituents is 1. The zero-order valence-corrected chi connectivity index (χ0v) is 10.3. The van der Waals surface area contributed by atoms with Crippen LogP contribution in [0.1, 0.15) is 24.4 Å². The van der Waals surface area contributed by atoms with E-state index in [1.54, 1.807) is 6.07 Å². The first-order valence-corrected chi connectivity index (χ1v) is 6.05. The van der Waals surface area contributed by atoms with Crippen molar-refractivity contribution in [1.29, 1.82) is 0 Å². The van der Waals surface area contributed by atoms with Crippen LogP contribution in [0.25, 0.3) is 11.4 Å². The number of H-pyrrole nitrogens is 1. The quantitative estimate of drug-likeness (QED) is 0.802. The summed E-state index contributed by atoms with van der Waals surface area (Å²) in [4.78, 5) is 0. The summed E-state index contributed by atoms with van der Waals surface area (Å²) in [5, 5.41) is 16.9. The minimum atomic E-state index is 0.291. The van der Waals surface area contributed by atoms with Gasteiger partial charge in [-0.1, -0.05) is 12.1 Å². The van der Waals surface area contributed by atoms with Gasteiger partial charge in [0.05, 0.1) is 0 Å². The lowest BCUT2D eigenvalue weighted by molar-refractivity contribution is 0.471. The largest absolute Gasteiger partial charge is 0.508 e. The summed E-state index contributed by atoms with van der Waals surface area (Å²) >= 11 is 5.25. The summed E-state index contributed by atoms with van der Waals surface area (Å²) < 4.78 is 2.71. The van der Waals surface area contributed by atoms with Gasteiger partial charge in [0, 0.05) is 17.2 Å². The van der Waals surface area contributed by atoms with Gasteiger partial charge < -0.3 is 5.11 Å². The third-order valence-electron chi connectivity index (χ3n) is 3.16. The van der Waals surface area contributed by atoms with Crippen LogP contribution in [0.3, 0.4) is 0 Å². The van der Waals surface area contributed by atoms with Crippen LogP contribution in [-0.4, -0.2) is 19.9 Å². The second kappa shape index (κ2) is 3.70. The van der Waals surface area contributed by atoms with Crippen molar-refractivity contribution in [2.75, 3.05) is 0 Å². The molecule has 2 aromatic rings. The molecule has 0 unspecified atom stereocenters. The highest BCUT2D eigenvalue weighted by Gasteiger charge is 2.28. The fourth-order valence-electron chi connectivity index (χ4n) is 2.03. The van der Waals surface area contributed by atoms with Gasteiger partial charge in [0.15, 0.2) is 10.6 Å². The van der Waals surface area contributed by atoms with Crippen LogP contribution in [0, 0.1) is 11.7 Å². The molecule has 1 heterocycles. The standard InChI is InChI=1S/C12H13N3OS/c1-7-9(3-2-4-10(7)16)11-13-14-12(17)15(11)8-5-6-8/h2-4,8,16H,5-6H2,1H3,(H,14,17). The normalized spacial score (nSPS) is 15.1. The summed E-state index contributed by atoms with van der Waals surface area (Å²) in [7, 11) is 0. The molecule has 0 aliphatic heterocycles. The number of aromatic nitrogens is 3. The van der Waals surface area contributed by atoms with Crippen LogP contribution >= 0.6 is 12.2 Å². The van der Waals surface area contributed by atoms with Crippen molar-refractivity contribution in [2.24, 2.45) is 0 Å². The van der Waals surface area contributed by atoms with E-state index in [2.05, 4.69) is 14.8 Å². The van der Waals surface area contributed by atoms with Crippen molar-refractivity contribution in [3.63, 3.8) is 0 Å². The molecule has 0 saturated heterocycles. The number of aromatic hydroxyl groups is 1. The van der Waals surface area contributed by atoms with Crippen molar-refractivity contribution in [3.8, 4) is 17.1 Å². The van der Waals surface area contributed by atoms with E-state index in [-0.39, 0.29) is 0 Å². The van der Waals surface area contributed by atoms with E-state index < -0.39 is 0 Å². The van der Waals surface area contributed by atoms with Gasteiger partial charge in [-0.3, -0.25) is 9.67 Å². The Labute approximate surface area is 104 Å². The molecule has 0 bridgehead atoms. The van der Waals surface area contributed by atoms with Gasteiger partial charge in [-0.05, 0) is 38.0 Å². The van der Waals surface area contributed by atoms with Crippen molar-refractivity contribution >= 4 is 12.2 Å². The molecule has 0 atom stereocenters. The Kier molecular flexibility index (Phi) is 2.29. The molecule has 0 radical (unpaired) electrons. The van der Waals surface area contributed by atoms with E-state index in [1.807, 2.05) is 19.1 Å². The second-order valence-electron chi connectivity index (χ2n) is 4.40. The fourth-order valence-corrected chi connectivity index (χ4v) is 2.31. The van der Waals surface area contributed by atoms with Crippen LogP contribution in [0.5, 0.6) is 5.75 Å². The van der Waals surface area contributed by atoms with Crippen LogP contribution in [0.2, 0.25) is 0 Å².